The molecule has 6 heteroatoms. The zero-order valence-electron chi connectivity index (χ0n) is 14.7. The summed E-state index contributed by atoms with van der Waals surface area (Å²) in [5.41, 5.74) is 1.32. The maximum absolute atomic E-state index is 12.9. The number of aromatic nitrogens is 1. The van der Waals surface area contributed by atoms with Gasteiger partial charge in [-0.15, -0.1) is 0 Å². The average Bonchev–Trinajstić information content (AvgIpc) is 3.34. The number of rotatable bonds is 3. The summed E-state index contributed by atoms with van der Waals surface area (Å²) in [6.45, 7) is 8.26. The first-order valence-electron chi connectivity index (χ1n) is 9.21. The Hall–Kier alpha value is -1.40. The molecule has 1 saturated carbocycles. The number of nitrogens with zero attached hydrogens (tertiary/aromatic N) is 3. The molecule has 4 rings (SSSR count). The second-order valence-corrected chi connectivity index (χ2v) is 7.48. The van der Waals surface area contributed by atoms with Crippen molar-refractivity contribution in [3.63, 3.8) is 0 Å². The van der Waals surface area contributed by atoms with Gasteiger partial charge in [0.05, 0.1) is 18.4 Å². The van der Waals surface area contributed by atoms with Crippen LogP contribution in [0, 0.1) is 19.8 Å². The summed E-state index contributed by atoms with van der Waals surface area (Å²) in [6.07, 6.45) is 4.93. The molecular weight excluding hydrogens is 306 g/mol. The number of ether oxygens (including phenoxy) is 1. The Bertz CT molecular complexity index is 591. The molecule has 1 amide bonds. The van der Waals surface area contributed by atoms with Crippen molar-refractivity contribution in [3.8, 4) is 0 Å². The standard InChI is InChI=1S/C18H27N3O3/c1-12-17(13(2)24-19-12)18(22)20-7-5-15-16(6-8-20)23-10-9-21(15)11-14-3-4-14/h14-16H,3-11H2,1-2H3/t15-,16-/m0/s1. The first-order valence-corrected chi connectivity index (χ1v) is 9.21. The van der Waals surface area contributed by atoms with Gasteiger partial charge in [0.15, 0.2) is 0 Å². The largest absolute Gasteiger partial charge is 0.375 e. The van der Waals surface area contributed by atoms with Crippen molar-refractivity contribution in [1.29, 1.82) is 0 Å². The van der Waals surface area contributed by atoms with E-state index < -0.39 is 0 Å². The van der Waals surface area contributed by atoms with Crippen molar-refractivity contribution in [2.75, 3.05) is 32.8 Å². The molecule has 0 radical (unpaired) electrons. The van der Waals surface area contributed by atoms with Crippen LogP contribution in [0.5, 0.6) is 0 Å². The minimum absolute atomic E-state index is 0.0543. The van der Waals surface area contributed by atoms with Gasteiger partial charge in [0.1, 0.15) is 11.3 Å². The molecule has 2 saturated heterocycles. The summed E-state index contributed by atoms with van der Waals surface area (Å²) in [5, 5.41) is 3.92. The number of fused-ring (bicyclic) bond motifs is 1. The van der Waals surface area contributed by atoms with E-state index in [0.29, 0.717) is 23.1 Å². The number of carbonyl (C=O) groups excluding carboxylic acids is 1. The third-order valence-electron chi connectivity index (χ3n) is 5.71. The van der Waals surface area contributed by atoms with Crippen molar-refractivity contribution in [3.05, 3.63) is 17.0 Å². The van der Waals surface area contributed by atoms with Gasteiger partial charge in [-0.3, -0.25) is 9.69 Å². The van der Waals surface area contributed by atoms with E-state index in [2.05, 4.69) is 10.1 Å². The van der Waals surface area contributed by atoms with Gasteiger partial charge < -0.3 is 14.2 Å². The lowest BCUT2D eigenvalue weighted by Crippen LogP contribution is -2.51. The Morgan fingerprint density at radius 2 is 1.96 bits per heavy atom. The number of morpholine rings is 1. The van der Waals surface area contributed by atoms with Crippen LogP contribution in [0.3, 0.4) is 0 Å². The zero-order chi connectivity index (χ0) is 16.7. The number of aryl methyl sites for hydroxylation is 2. The molecule has 24 heavy (non-hydrogen) atoms. The highest BCUT2D eigenvalue weighted by atomic mass is 16.5. The van der Waals surface area contributed by atoms with E-state index in [1.807, 2.05) is 18.7 Å². The predicted molar refractivity (Wildman–Crippen MR) is 88.9 cm³/mol. The van der Waals surface area contributed by atoms with E-state index in [4.69, 9.17) is 9.26 Å². The van der Waals surface area contributed by atoms with Gasteiger partial charge in [-0.05, 0) is 45.4 Å². The predicted octanol–water partition coefficient (Wildman–Crippen LogP) is 2.01. The van der Waals surface area contributed by atoms with Crippen molar-refractivity contribution in [1.82, 2.24) is 15.0 Å². The van der Waals surface area contributed by atoms with Crippen LogP contribution in [0.25, 0.3) is 0 Å². The molecule has 0 spiro atoms. The van der Waals surface area contributed by atoms with Crippen LogP contribution in [0.4, 0.5) is 0 Å². The summed E-state index contributed by atoms with van der Waals surface area (Å²) in [4.78, 5) is 17.5. The molecule has 2 aliphatic heterocycles. The van der Waals surface area contributed by atoms with Crippen LogP contribution in [0.1, 0.15) is 47.5 Å². The molecule has 0 unspecified atom stereocenters. The van der Waals surface area contributed by atoms with Crippen LogP contribution in [0.15, 0.2) is 4.52 Å². The molecule has 1 aliphatic carbocycles. The minimum Gasteiger partial charge on any atom is -0.375 e. The number of amides is 1. The van der Waals surface area contributed by atoms with Crippen LogP contribution >= 0.6 is 0 Å². The third kappa shape index (κ3) is 3.09. The van der Waals surface area contributed by atoms with Crippen LogP contribution in [0.2, 0.25) is 0 Å². The second-order valence-electron chi connectivity index (χ2n) is 7.48. The Morgan fingerprint density at radius 1 is 1.17 bits per heavy atom. The lowest BCUT2D eigenvalue weighted by molar-refractivity contribution is -0.0727. The van der Waals surface area contributed by atoms with Gasteiger partial charge in [-0.25, -0.2) is 0 Å². The maximum Gasteiger partial charge on any atom is 0.259 e. The highest BCUT2D eigenvalue weighted by Gasteiger charge is 2.38. The summed E-state index contributed by atoms with van der Waals surface area (Å²) < 4.78 is 11.2. The average molecular weight is 333 g/mol. The van der Waals surface area contributed by atoms with Crippen molar-refractivity contribution < 1.29 is 14.1 Å². The fraction of sp³-hybridized carbons (Fsp3) is 0.778. The van der Waals surface area contributed by atoms with E-state index >= 15 is 0 Å². The zero-order valence-corrected chi connectivity index (χ0v) is 14.7. The maximum atomic E-state index is 12.9. The van der Waals surface area contributed by atoms with Crippen molar-refractivity contribution in [2.24, 2.45) is 5.92 Å². The highest BCUT2D eigenvalue weighted by molar-refractivity contribution is 5.96. The molecule has 1 aromatic heterocycles. The van der Waals surface area contributed by atoms with E-state index in [1.54, 1.807) is 0 Å². The molecule has 3 fully saturated rings. The molecular formula is C18H27N3O3. The lowest BCUT2D eigenvalue weighted by atomic mass is 10.0. The van der Waals surface area contributed by atoms with E-state index in [0.717, 1.165) is 45.0 Å². The van der Waals surface area contributed by atoms with Crippen LogP contribution < -0.4 is 0 Å². The summed E-state index contributed by atoms with van der Waals surface area (Å²) in [6, 6.07) is 0.460. The highest BCUT2D eigenvalue weighted by Crippen LogP contribution is 2.33. The first-order chi connectivity index (χ1) is 11.6. The molecule has 0 aromatic carbocycles. The first kappa shape index (κ1) is 16.1. The number of likely N-dealkylation sites (tertiary alicyclic amines) is 1. The minimum atomic E-state index is 0.0543. The van der Waals surface area contributed by atoms with Crippen LogP contribution in [-0.2, 0) is 4.74 Å². The topological polar surface area (TPSA) is 58.8 Å². The number of hydrogen-bond donors (Lipinski definition) is 0. The Labute approximate surface area is 143 Å². The van der Waals surface area contributed by atoms with Crippen LogP contribution in [-0.4, -0.2) is 65.8 Å². The Balaban J connectivity index is 1.46. The molecule has 6 nitrogen and oxygen atoms in total. The van der Waals surface area contributed by atoms with Crippen molar-refractivity contribution >= 4 is 5.91 Å². The van der Waals surface area contributed by atoms with Gasteiger partial charge in [-0.2, -0.15) is 0 Å². The lowest BCUT2D eigenvalue weighted by Gasteiger charge is -2.40. The quantitative estimate of drug-likeness (QED) is 0.847. The van der Waals surface area contributed by atoms with Gasteiger partial charge in [-0.1, -0.05) is 5.16 Å². The van der Waals surface area contributed by atoms with Gasteiger partial charge in [0, 0.05) is 32.2 Å². The fourth-order valence-corrected chi connectivity index (χ4v) is 4.17. The second kappa shape index (κ2) is 6.48. The summed E-state index contributed by atoms with van der Waals surface area (Å²) in [5.74, 6) is 1.57. The molecule has 132 valence electrons. The summed E-state index contributed by atoms with van der Waals surface area (Å²) in [7, 11) is 0. The molecule has 0 N–H and O–H groups in total. The molecule has 3 aliphatic rings. The fourth-order valence-electron chi connectivity index (χ4n) is 4.17. The van der Waals surface area contributed by atoms with Gasteiger partial charge in [0.25, 0.3) is 5.91 Å². The molecule has 1 aromatic rings. The Kier molecular flexibility index (Phi) is 4.35. The smallest absolute Gasteiger partial charge is 0.259 e. The number of carbonyl (C=O) groups is 1. The van der Waals surface area contributed by atoms with Gasteiger partial charge in [0.2, 0.25) is 0 Å². The SMILES string of the molecule is Cc1noc(C)c1C(=O)N1CC[C@@H]2OCCN(CC3CC3)[C@H]2CC1. The molecule has 0 bridgehead atoms. The molecule has 2 atom stereocenters. The summed E-state index contributed by atoms with van der Waals surface area (Å²) >= 11 is 0. The van der Waals surface area contributed by atoms with E-state index in [-0.39, 0.29) is 12.0 Å². The van der Waals surface area contributed by atoms with E-state index in [9.17, 15) is 4.79 Å². The third-order valence-corrected chi connectivity index (χ3v) is 5.71. The Morgan fingerprint density at radius 3 is 2.67 bits per heavy atom. The monoisotopic (exact) mass is 333 g/mol. The molecule has 3 heterocycles. The normalized spacial score (nSPS) is 28.5. The number of hydrogen-bond acceptors (Lipinski definition) is 5. The van der Waals surface area contributed by atoms with Crippen molar-refractivity contribution in [2.45, 2.75) is 51.7 Å². The van der Waals surface area contributed by atoms with E-state index in [1.165, 1.54) is 19.4 Å². The van der Waals surface area contributed by atoms with Gasteiger partial charge >= 0.3 is 0 Å².